The van der Waals surface area contributed by atoms with Gasteiger partial charge in [-0.25, -0.2) is 13.5 Å². The van der Waals surface area contributed by atoms with Crippen molar-refractivity contribution in [1.82, 2.24) is 9.78 Å². The topological polar surface area (TPSA) is 56.1 Å². The average Bonchev–Trinajstić information content (AvgIpc) is 2.84. The van der Waals surface area contributed by atoms with Crippen LogP contribution in [0.5, 0.6) is 5.75 Å². The molecule has 25 heavy (non-hydrogen) atoms. The first-order chi connectivity index (χ1) is 11.8. The van der Waals surface area contributed by atoms with E-state index in [0.29, 0.717) is 29.5 Å². The molecular formula is C18H21F2N3O2. The summed E-state index contributed by atoms with van der Waals surface area (Å²) in [5, 5.41) is 7.33. The van der Waals surface area contributed by atoms with Crippen LogP contribution in [0.1, 0.15) is 43.0 Å². The monoisotopic (exact) mass is 349 g/mol. The highest BCUT2D eigenvalue weighted by molar-refractivity contribution is 5.94. The number of aryl methyl sites for hydroxylation is 1. The lowest BCUT2D eigenvalue weighted by molar-refractivity contribution is -0.116. The van der Waals surface area contributed by atoms with E-state index in [2.05, 4.69) is 10.4 Å². The van der Waals surface area contributed by atoms with Gasteiger partial charge in [-0.1, -0.05) is 13.8 Å². The number of hydrogen-bond acceptors (Lipinski definition) is 3. The van der Waals surface area contributed by atoms with Crippen molar-refractivity contribution in [3.05, 3.63) is 40.6 Å². The first-order valence-corrected chi connectivity index (χ1v) is 8.22. The second-order valence-corrected chi connectivity index (χ2v) is 6.71. The zero-order chi connectivity index (χ0) is 18.3. The molecule has 1 unspecified atom stereocenters. The number of anilines is 1. The molecule has 134 valence electrons. The van der Waals surface area contributed by atoms with Crippen LogP contribution in [0.4, 0.5) is 14.6 Å². The molecule has 0 saturated heterocycles. The number of amides is 1. The number of nitrogens with zero attached hydrogens (tertiary/aromatic N) is 2. The first kappa shape index (κ1) is 17.4. The fourth-order valence-corrected chi connectivity index (χ4v) is 3.39. The number of rotatable bonds is 4. The third kappa shape index (κ3) is 2.99. The average molecular weight is 349 g/mol. The number of methoxy groups -OCH3 is 1. The minimum Gasteiger partial charge on any atom is -0.496 e. The number of aromatic nitrogens is 2. The van der Waals surface area contributed by atoms with Crippen LogP contribution in [-0.4, -0.2) is 22.8 Å². The van der Waals surface area contributed by atoms with Crippen LogP contribution >= 0.6 is 0 Å². The second-order valence-electron chi connectivity index (χ2n) is 6.71. The Morgan fingerprint density at radius 1 is 1.36 bits per heavy atom. The summed E-state index contributed by atoms with van der Waals surface area (Å²) in [5.41, 5.74) is 1.46. The second kappa shape index (κ2) is 6.46. The van der Waals surface area contributed by atoms with Gasteiger partial charge in [-0.3, -0.25) is 4.79 Å². The van der Waals surface area contributed by atoms with Crippen LogP contribution in [0, 0.1) is 24.5 Å². The third-order valence-electron chi connectivity index (χ3n) is 4.37. The van der Waals surface area contributed by atoms with E-state index in [0.717, 1.165) is 6.07 Å². The molecule has 0 fully saturated rings. The van der Waals surface area contributed by atoms with Gasteiger partial charge in [0.05, 0.1) is 12.8 Å². The highest BCUT2D eigenvalue weighted by Gasteiger charge is 2.36. The van der Waals surface area contributed by atoms with Gasteiger partial charge in [0.1, 0.15) is 11.6 Å². The van der Waals surface area contributed by atoms with Gasteiger partial charge in [0.2, 0.25) is 5.91 Å². The van der Waals surface area contributed by atoms with Gasteiger partial charge in [0.25, 0.3) is 0 Å². The summed E-state index contributed by atoms with van der Waals surface area (Å²) in [4.78, 5) is 12.2. The molecule has 1 amide bonds. The van der Waals surface area contributed by atoms with Crippen molar-refractivity contribution in [3.63, 3.8) is 0 Å². The predicted octanol–water partition coefficient (Wildman–Crippen LogP) is 3.61. The molecule has 2 aromatic rings. The molecule has 0 spiro atoms. The van der Waals surface area contributed by atoms with Crippen molar-refractivity contribution in [2.75, 3.05) is 12.4 Å². The van der Waals surface area contributed by atoms with E-state index in [1.54, 1.807) is 4.68 Å². The van der Waals surface area contributed by atoms with E-state index >= 15 is 0 Å². The number of hydrogen-bond donors (Lipinski definition) is 1. The minimum absolute atomic E-state index is 0.0119. The number of halogens is 2. The summed E-state index contributed by atoms with van der Waals surface area (Å²) in [7, 11) is 1.40. The maximum atomic E-state index is 14.6. The Morgan fingerprint density at radius 2 is 2.08 bits per heavy atom. The number of carbonyl (C=O) groups excluding carboxylic acids is 1. The molecule has 2 heterocycles. The van der Waals surface area contributed by atoms with Gasteiger partial charge in [-0.05, 0) is 25.0 Å². The molecular weight excluding hydrogens is 328 g/mol. The number of benzene rings is 1. The molecule has 1 aliphatic rings. The zero-order valence-corrected chi connectivity index (χ0v) is 14.7. The molecule has 1 N–H and O–H groups in total. The Labute approximate surface area is 145 Å². The molecule has 0 radical (unpaired) electrons. The zero-order valence-electron chi connectivity index (χ0n) is 14.7. The number of carbonyl (C=O) groups is 1. The van der Waals surface area contributed by atoms with Crippen LogP contribution < -0.4 is 10.1 Å². The highest BCUT2D eigenvalue weighted by Crippen LogP contribution is 2.44. The molecule has 3 rings (SSSR count). The summed E-state index contributed by atoms with van der Waals surface area (Å²) < 4.78 is 35.4. The van der Waals surface area contributed by atoms with E-state index < -0.39 is 17.6 Å². The van der Waals surface area contributed by atoms with Gasteiger partial charge in [-0.2, -0.15) is 5.10 Å². The van der Waals surface area contributed by atoms with Crippen molar-refractivity contribution < 1.29 is 18.3 Å². The van der Waals surface area contributed by atoms with Crippen molar-refractivity contribution in [2.45, 2.75) is 39.7 Å². The van der Waals surface area contributed by atoms with E-state index in [1.165, 1.54) is 13.2 Å². The lowest BCUT2D eigenvalue weighted by Gasteiger charge is -2.26. The third-order valence-corrected chi connectivity index (χ3v) is 4.37. The Bertz CT molecular complexity index is 830. The van der Waals surface area contributed by atoms with Gasteiger partial charge in [0, 0.05) is 30.0 Å². The Morgan fingerprint density at radius 3 is 2.72 bits per heavy atom. The van der Waals surface area contributed by atoms with E-state index in [4.69, 9.17) is 4.74 Å². The normalized spacial score (nSPS) is 16.8. The molecule has 1 aliphatic heterocycles. The first-order valence-electron chi connectivity index (χ1n) is 8.22. The Balaban J connectivity index is 2.20. The molecule has 1 aromatic heterocycles. The molecule has 5 nitrogen and oxygen atoms in total. The molecule has 1 atom stereocenters. The fourth-order valence-electron chi connectivity index (χ4n) is 3.39. The van der Waals surface area contributed by atoms with Crippen LogP contribution in [0.25, 0.3) is 0 Å². The van der Waals surface area contributed by atoms with E-state index in [9.17, 15) is 13.6 Å². The van der Waals surface area contributed by atoms with Gasteiger partial charge >= 0.3 is 0 Å². The van der Waals surface area contributed by atoms with Gasteiger partial charge in [0.15, 0.2) is 11.6 Å². The smallest absolute Gasteiger partial charge is 0.226 e. The van der Waals surface area contributed by atoms with Crippen LogP contribution in [0.15, 0.2) is 12.1 Å². The van der Waals surface area contributed by atoms with Gasteiger partial charge < -0.3 is 10.1 Å². The van der Waals surface area contributed by atoms with Crippen LogP contribution in [0.2, 0.25) is 0 Å². The van der Waals surface area contributed by atoms with Gasteiger partial charge in [-0.15, -0.1) is 0 Å². The van der Waals surface area contributed by atoms with Crippen LogP contribution in [-0.2, 0) is 11.3 Å². The maximum absolute atomic E-state index is 14.6. The molecule has 0 bridgehead atoms. The summed E-state index contributed by atoms with van der Waals surface area (Å²) in [6.07, 6.45) is 0.0119. The number of nitrogens with one attached hydrogen (secondary N) is 1. The van der Waals surface area contributed by atoms with E-state index in [1.807, 2.05) is 20.8 Å². The summed E-state index contributed by atoms with van der Waals surface area (Å²) in [6, 6.07) is 2.41. The molecule has 0 aliphatic carbocycles. The predicted molar refractivity (Wildman–Crippen MR) is 89.8 cm³/mol. The standard InChI is InChI=1S/C18H21F2N3O2/c1-9(2)8-23-18-15(10(3)22-23)11(7-14(24)21-18)16-13(25-4)6-5-12(19)17(16)20/h5-6,9,11H,7-8H2,1-4H3,(H,21,24). The van der Waals surface area contributed by atoms with Crippen molar-refractivity contribution in [2.24, 2.45) is 5.92 Å². The summed E-state index contributed by atoms with van der Waals surface area (Å²) >= 11 is 0. The highest BCUT2D eigenvalue weighted by atomic mass is 19.2. The maximum Gasteiger partial charge on any atom is 0.226 e. The largest absolute Gasteiger partial charge is 0.496 e. The summed E-state index contributed by atoms with van der Waals surface area (Å²) in [5.74, 6) is -1.75. The van der Waals surface area contributed by atoms with Crippen molar-refractivity contribution >= 4 is 11.7 Å². The lowest BCUT2D eigenvalue weighted by Crippen LogP contribution is -2.26. The molecule has 7 heteroatoms. The van der Waals surface area contributed by atoms with E-state index in [-0.39, 0.29) is 23.6 Å². The van der Waals surface area contributed by atoms with Crippen molar-refractivity contribution in [1.29, 1.82) is 0 Å². The van der Waals surface area contributed by atoms with Crippen molar-refractivity contribution in [3.8, 4) is 5.75 Å². The SMILES string of the molecule is COc1ccc(F)c(F)c1C1CC(=O)Nc2c1c(C)nn2CC(C)C. The Hall–Kier alpha value is -2.44. The molecule has 1 aromatic carbocycles. The molecule has 0 saturated carbocycles. The summed E-state index contributed by atoms with van der Waals surface area (Å²) in [6.45, 7) is 6.51. The lowest BCUT2D eigenvalue weighted by atomic mass is 9.84. The fraction of sp³-hybridized carbons (Fsp3) is 0.444. The minimum atomic E-state index is -0.985. The van der Waals surface area contributed by atoms with Crippen LogP contribution in [0.3, 0.4) is 0 Å². The number of ether oxygens (including phenoxy) is 1. The quantitative estimate of drug-likeness (QED) is 0.917. The number of fused-ring (bicyclic) bond motifs is 1. The Kier molecular flexibility index (Phi) is 4.49.